The number of rotatable bonds is 3. The second-order valence-electron chi connectivity index (χ2n) is 5.15. The molecule has 6 heteroatoms. The van der Waals surface area contributed by atoms with Crippen molar-refractivity contribution in [1.82, 2.24) is 15.1 Å². The highest BCUT2D eigenvalue weighted by Gasteiger charge is 2.19. The molecule has 3 rings (SSSR count). The second-order valence-corrected chi connectivity index (χ2v) is 5.58. The van der Waals surface area contributed by atoms with Crippen LogP contribution in [0.15, 0.2) is 28.7 Å². The number of benzene rings is 1. The van der Waals surface area contributed by atoms with Crippen molar-refractivity contribution >= 4 is 11.6 Å². The maximum absolute atomic E-state index is 5.97. The van der Waals surface area contributed by atoms with Crippen molar-refractivity contribution in [3.63, 3.8) is 0 Å². The number of hydrogen-bond donors (Lipinski definition) is 1. The van der Waals surface area contributed by atoms with Crippen LogP contribution in [0.3, 0.4) is 0 Å². The van der Waals surface area contributed by atoms with E-state index >= 15 is 0 Å². The summed E-state index contributed by atoms with van der Waals surface area (Å²) in [6.07, 6.45) is 2.22. The van der Waals surface area contributed by atoms with Gasteiger partial charge in [-0.25, -0.2) is 0 Å². The summed E-state index contributed by atoms with van der Waals surface area (Å²) in [4.78, 5) is 2.26. The van der Waals surface area contributed by atoms with Gasteiger partial charge in [-0.1, -0.05) is 11.6 Å². The summed E-state index contributed by atoms with van der Waals surface area (Å²) in [6.45, 7) is 2.58. The molecule has 1 unspecified atom stereocenters. The van der Waals surface area contributed by atoms with E-state index in [0.717, 1.165) is 31.5 Å². The van der Waals surface area contributed by atoms with Gasteiger partial charge in [0.1, 0.15) is 0 Å². The predicted molar refractivity (Wildman–Crippen MR) is 77.2 cm³/mol. The number of nitrogens with zero attached hydrogens (tertiary/aromatic N) is 3. The van der Waals surface area contributed by atoms with Crippen LogP contribution in [-0.4, -0.2) is 34.2 Å². The largest absolute Gasteiger partial charge is 0.419 e. The molecule has 2 aromatic rings. The number of likely N-dealkylation sites (tertiary alicyclic amines) is 1. The molecule has 0 spiro atoms. The Hall–Kier alpha value is -1.43. The van der Waals surface area contributed by atoms with Crippen molar-refractivity contribution in [2.45, 2.75) is 25.4 Å². The molecule has 2 N–H and O–H groups in total. The Morgan fingerprint density at radius 1 is 1.30 bits per heavy atom. The Kier molecular flexibility index (Phi) is 4.00. The van der Waals surface area contributed by atoms with E-state index in [-0.39, 0.29) is 6.04 Å². The molecular formula is C14H17ClN4O. The van der Waals surface area contributed by atoms with Gasteiger partial charge < -0.3 is 10.2 Å². The summed E-state index contributed by atoms with van der Waals surface area (Å²) in [5.41, 5.74) is 6.85. The predicted octanol–water partition coefficient (Wildman–Crippen LogP) is 2.31. The first-order valence-electron chi connectivity index (χ1n) is 6.77. The maximum atomic E-state index is 5.97. The monoisotopic (exact) mass is 292 g/mol. The van der Waals surface area contributed by atoms with Gasteiger partial charge in [-0.15, -0.1) is 10.2 Å². The topological polar surface area (TPSA) is 68.2 Å². The molecular weight excluding hydrogens is 276 g/mol. The molecule has 2 heterocycles. The molecule has 0 aliphatic carbocycles. The summed E-state index contributed by atoms with van der Waals surface area (Å²) in [7, 11) is 0. The second kappa shape index (κ2) is 5.91. The molecule has 106 valence electrons. The first-order chi connectivity index (χ1) is 9.70. The van der Waals surface area contributed by atoms with Crippen molar-refractivity contribution in [3.8, 4) is 11.5 Å². The molecule has 1 aliphatic rings. The quantitative estimate of drug-likeness (QED) is 0.940. The Morgan fingerprint density at radius 2 is 2.10 bits per heavy atom. The van der Waals surface area contributed by atoms with Gasteiger partial charge in [0, 0.05) is 23.2 Å². The van der Waals surface area contributed by atoms with E-state index in [4.69, 9.17) is 21.8 Å². The Labute approximate surface area is 122 Å². The fraction of sp³-hybridized carbons (Fsp3) is 0.429. The van der Waals surface area contributed by atoms with Gasteiger partial charge in [-0.3, -0.25) is 4.90 Å². The lowest BCUT2D eigenvalue weighted by Gasteiger charge is -2.29. The first-order valence-corrected chi connectivity index (χ1v) is 7.15. The fourth-order valence-corrected chi connectivity index (χ4v) is 2.58. The number of aromatic nitrogens is 2. The van der Waals surface area contributed by atoms with Crippen LogP contribution in [0.2, 0.25) is 5.02 Å². The van der Waals surface area contributed by atoms with Gasteiger partial charge in [-0.2, -0.15) is 0 Å². The van der Waals surface area contributed by atoms with E-state index in [0.29, 0.717) is 23.3 Å². The maximum Gasteiger partial charge on any atom is 0.247 e. The van der Waals surface area contributed by atoms with Crippen LogP contribution < -0.4 is 5.73 Å². The SMILES string of the molecule is NC1CCCN(Cc2nnc(-c3ccc(Cl)cc3)o2)C1. The molecule has 0 saturated carbocycles. The minimum atomic E-state index is 0.252. The fourth-order valence-electron chi connectivity index (χ4n) is 2.45. The highest BCUT2D eigenvalue weighted by molar-refractivity contribution is 6.30. The number of nitrogens with two attached hydrogens (primary N) is 1. The Bertz CT molecular complexity index is 569. The number of halogens is 1. The molecule has 1 atom stereocenters. The van der Waals surface area contributed by atoms with E-state index in [9.17, 15) is 0 Å². The Morgan fingerprint density at radius 3 is 2.85 bits per heavy atom. The standard InChI is InChI=1S/C14H17ClN4O/c15-11-5-3-10(4-6-11)14-18-17-13(20-14)9-19-7-1-2-12(16)8-19/h3-6,12H,1-2,7-9,16H2. The smallest absolute Gasteiger partial charge is 0.247 e. The number of hydrogen-bond acceptors (Lipinski definition) is 5. The lowest BCUT2D eigenvalue weighted by Crippen LogP contribution is -2.42. The molecule has 0 amide bonds. The van der Waals surface area contributed by atoms with Crippen molar-refractivity contribution < 1.29 is 4.42 Å². The summed E-state index contributed by atoms with van der Waals surface area (Å²) in [6, 6.07) is 7.62. The van der Waals surface area contributed by atoms with Gasteiger partial charge in [-0.05, 0) is 43.7 Å². The van der Waals surface area contributed by atoms with Crippen LogP contribution in [0.25, 0.3) is 11.5 Å². The highest BCUT2D eigenvalue weighted by atomic mass is 35.5. The van der Waals surface area contributed by atoms with Gasteiger partial charge in [0.15, 0.2) is 0 Å². The Balaban J connectivity index is 1.69. The van der Waals surface area contributed by atoms with Crippen LogP contribution in [0.5, 0.6) is 0 Å². The minimum absolute atomic E-state index is 0.252. The molecule has 0 bridgehead atoms. The van der Waals surface area contributed by atoms with Crippen LogP contribution in [0.1, 0.15) is 18.7 Å². The van der Waals surface area contributed by atoms with Crippen molar-refractivity contribution in [2.24, 2.45) is 5.73 Å². The summed E-state index contributed by atoms with van der Waals surface area (Å²) in [5.74, 6) is 1.15. The van der Waals surface area contributed by atoms with E-state index < -0.39 is 0 Å². The lowest BCUT2D eigenvalue weighted by atomic mass is 10.1. The van der Waals surface area contributed by atoms with Crippen molar-refractivity contribution in [2.75, 3.05) is 13.1 Å². The average Bonchev–Trinajstić information content (AvgIpc) is 2.88. The summed E-state index contributed by atoms with van der Waals surface area (Å²) in [5, 5.41) is 8.88. The summed E-state index contributed by atoms with van der Waals surface area (Å²) >= 11 is 5.86. The summed E-state index contributed by atoms with van der Waals surface area (Å²) < 4.78 is 5.70. The molecule has 1 saturated heterocycles. The third-order valence-corrected chi connectivity index (χ3v) is 3.71. The molecule has 1 aliphatic heterocycles. The number of piperidine rings is 1. The average molecular weight is 293 g/mol. The molecule has 20 heavy (non-hydrogen) atoms. The van der Waals surface area contributed by atoms with Gasteiger partial charge in [0.2, 0.25) is 11.8 Å². The van der Waals surface area contributed by atoms with Crippen LogP contribution >= 0.6 is 11.6 Å². The van der Waals surface area contributed by atoms with Crippen molar-refractivity contribution in [3.05, 3.63) is 35.2 Å². The van der Waals surface area contributed by atoms with Crippen LogP contribution in [-0.2, 0) is 6.54 Å². The van der Waals surface area contributed by atoms with E-state index in [1.807, 2.05) is 24.3 Å². The zero-order chi connectivity index (χ0) is 13.9. The van der Waals surface area contributed by atoms with E-state index in [2.05, 4.69) is 15.1 Å². The van der Waals surface area contributed by atoms with Crippen molar-refractivity contribution in [1.29, 1.82) is 0 Å². The van der Waals surface area contributed by atoms with E-state index in [1.165, 1.54) is 0 Å². The molecule has 1 fully saturated rings. The van der Waals surface area contributed by atoms with Gasteiger partial charge >= 0.3 is 0 Å². The zero-order valence-corrected chi connectivity index (χ0v) is 11.9. The molecule has 1 aromatic carbocycles. The van der Waals surface area contributed by atoms with Gasteiger partial charge in [0.25, 0.3) is 0 Å². The normalized spacial score (nSPS) is 20.2. The molecule has 0 radical (unpaired) electrons. The third-order valence-electron chi connectivity index (χ3n) is 3.46. The molecule has 5 nitrogen and oxygen atoms in total. The minimum Gasteiger partial charge on any atom is -0.419 e. The lowest BCUT2D eigenvalue weighted by molar-refractivity contribution is 0.185. The third kappa shape index (κ3) is 3.17. The molecule has 1 aromatic heterocycles. The van der Waals surface area contributed by atoms with E-state index in [1.54, 1.807) is 0 Å². The van der Waals surface area contributed by atoms with Gasteiger partial charge in [0.05, 0.1) is 6.54 Å². The van der Waals surface area contributed by atoms with Crippen LogP contribution in [0, 0.1) is 0 Å². The zero-order valence-electron chi connectivity index (χ0n) is 11.1. The first kappa shape index (κ1) is 13.5. The van der Waals surface area contributed by atoms with Crippen LogP contribution in [0.4, 0.5) is 0 Å². The highest BCUT2D eigenvalue weighted by Crippen LogP contribution is 2.21.